The van der Waals surface area contributed by atoms with Crippen LogP contribution in [0.3, 0.4) is 0 Å². The Morgan fingerprint density at radius 3 is 2.77 bits per heavy atom. The number of hydrogen-bond donors (Lipinski definition) is 2. The van der Waals surface area contributed by atoms with E-state index in [2.05, 4.69) is 15.1 Å². The normalized spacial score (nSPS) is 24.2. The Morgan fingerprint density at radius 1 is 1.13 bits per heavy atom. The molecule has 3 saturated heterocycles. The van der Waals surface area contributed by atoms with Gasteiger partial charge in [-0.15, -0.1) is 0 Å². The minimum atomic E-state index is -0.719. The first kappa shape index (κ1) is 34.2. The fourth-order valence-electron chi connectivity index (χ4n) is 8.95. The van der Waals surface area contributed by atoms with Crippen LogP contribution in [0.2, 0.25) is 0 Å². The van der Waals surface area contributed by atoms with E-state index in [0.29, 0.717) is 60.3 Å². The number of rotatable bonds is 9. The Labute approximate surface area is 306 Å². The van der Waals surface area contributed by atoms with Crippen molar-refractivity contribution in [2.24, 2.45) is 5.41 Å². The minimum Gasteiger partial charge on any atom is -0.508 e. The number of likely N-dealkylation sites (tertiary alicyclic amines) is 1. The number of phenolic OH excluding ortho intramolecular Hbond substituents is 1. The average Bonchev–Trinajstić information content (AvgIpc) is 3.65. The summed E-state index contributed by atoms with van der Waals surface area (Å²) < 4.78 is 50.8. The van der Waals surface area contributed by atoms with Gasteiger partial charge in [0.2, 0.25) is 5.88 Å². The lowest BCUT2D eigenvalue weighted by atomic mass is 9.94. The topological polar surface area (TPSA) is 125 Å². The Kier molecular flexibility index (Phi) is 8.45. The van der Waals surface area contributed by atoms with Gasteiger partial charge in [-0.25, -0.2) is 18.6 Å². The summed E-state index contributed by atoms with van der Waals surface area (Å²) in [6, 6.07) is 6.52. The van der Waals surface area contributed by atoms with Crippen LogP contribution in [0.4, 0.5) is 19.4 Å². The van der Waals surface area contributed by atoms with Crippen molar-refractivity contribution in [1.29, 1.82) is 0 Å². The third kappa shape index (κ3) is 6.03. The van der Waals surface area contributed by atoms with E-state index in [1.54, 1.807) is 26.2 Å². The van der Waals surface area contributed by atoms with Gasteiger partial charge in [-0.3, -0.25) is 4.90 Å². The molecule has 9 rings (SSSR count). The zero-order valence-corrected chi connectivity index (χ0v) is 30.3. The first-order valence-electron chi connectivity index (χ1n) is 18.8. The van der Waals surface area contributed by atoms with Crippen LogP contribution >= 0.6 is 0 Å². The van der Waals surface area contributed by atoms with Gasteiger partial charge in [0.05, 0.1) is 12.6 Å². The van der Waals surface area contributed by atoms with E-state index in [9.17, 15) is 9.90 Å². The number of benzene rings is 2. The van der Waals surface area contributed by atoms with Crippen molar-refractivity contribution >= 4 is 33.6 Å². The number of nitrogens with zero attached hydrogens (tertiary/aromatic N) is 6. The van der Waals surface area contributed by atoms with Crippen molar-refractivity contribution in [2.75, 3.05) is 58.5 Å². The minimum absolute atomic E-state index is 0.00892. The number of aromatic hydroxyl groups is 1. The molecule has 2 bridgehead atoms. The lowest BCUT2D eigenvalue weighted by molar-refractivity contribution is 0.0748. The molecule has 6 heterocycles. The quantitative estimate of drug-likeness (QED) is 0.230. The van der Waals surface area contributed by atoms with E-state index in [1.165, 1.54) is 17.0 Å². The van der Waals surface area contributed by atoms with Crippen LogP contribution in [0.25, 0.3) is 32.9 Å². The smallest absolute Gasteiger partial charge is 0.409 e. The molecule has 2 aromatic carbocycles. The van der Waals surface area contributed by atoms with Gasteiger partial charge in [-0.05, 0) is 86.0 Å². The highest BCUT2D eigenvalue weighted by atomic mass is 19.1. The summed E-state index contributed by atoms with van der Waals surface area (Å²) in [4.78, 5) is 32.6. The summed E-state index contributed by atoms with van der Waals surface area (Å²) in [7, 11) is 3.36. The van der Waals surface area contributed by atoms with Crippen LogP contribution in [0.1, 0.15) is 51.0 Å². The Bertz CT molecular complexity index is 2110. The molecule has 2 N–H and O–H groups in total. The number of hydrogen-bond acceptors (Lipinski definition) is 11. The molecule has 4 atom stereocenters. The van der Waals surface area contributed by atoms with Crippen LogP contribution in [-0.2, 0) is 11.2 Å². The van der Waals surface area contributed by atoms with Gasteiger partial charge in [-0.2, -0.15) is 9.97 Å². The van der Waals surface area contributed by atoms with E-state index in [-0.39, 0.29) is 70.1 Å². The van der Waals surface area contributed by atoms with Gasteiger partial charge < -0.3 is 34.4 Å². The molecule has 14 heteroatoms. The molecule has 12 nitrogen and oxygen atoms in total. The van der Waals surface area contributed by atoms with Crippen LogP contribution in [0.15, 0.2) is 24.3 Å². The van der Waals surface area contributed by atoms with Gasteiger partial charge in [0, 0.05) is 56.3 Å². The first-order chi connectivity index (χ1) is 25.6. The number of piperazine rings is 1. The number of pyridine rings is 1. The largest absolute Gasteiger partial charge is 0.508 e. The van der Waals surface area contributed by atoms with Crippen molar-refractivity contribution in [2.45, 2.75) is 76.0 Å². The summed E-state index contributed by atoms with van der Waals surface area (Å²) in [6.45, 7) is 5.24. The van der Waals surface area contributed by atoms with Gasteiger partial charge >= 0.3 is 12.1 Å². The van der Waals surface area contributed by atoms with Crippen LogP contribution < -0.4 is 19.7 Å². The molecule has 53 heavy (non-hydrogen) atoms. The molecule has 4 aliphatic heterocycles. The number of carbonyl (C=O) groups excluding carboxylic acids is 1. The summed E-state index contributed by atoms with van der Waals surface area (Å²) in [5, 5.41) is 15.9. The highest BCUT2D eigenvalue weighted by molar-refractivity contribution is 6.03. The van der Waals surface area contributed by atoms with Gasteiger partial charge in [0.25, 0.3) is 0 Å². The third-order valence-corrected chi connectivity index (χ3v) is 12.0. The van der Waals surface area contributed by atoms with Crippen molar-refractivity contribution in [3.05, 3.63) is 41.5 Å². The standard InChI is InChI=1S/C39H45F2N7O5/c1-4-25-27(40)9-7-21-14-24(49)15-26(30(21)25)33-32(41)34-31-35(48-16-22-8-10-28(42-22)29(48)18-51-36(31)43-33)45-37(44-34)53-20-39(11-12-39)19-47-13-5-6-23(47)17-52-38(50)46(2)3/h7,9,14-15,22-23,28-29,42,49H,4-6,8,10-13,16-20H2,1-3H3/t22-,23-,28+,29-/m0/s1. The van der Waals surface area contributed by atoms with E-state index < -0.39 is 11.6 Å². The van der Waals surface area contributed by atoms with Crippen LogP contribution in [-0.4, -0.2) is 114 Å². The lowest BCUT2D eigenvalue weighted by Gasteiger charge is -2.40. The second-order valence-electron chi connectivity index (χ2n) is 15.7. The van der Waals surface area contributed by atoms with Gasteiger partial charge in [-0.1, -0.05) is 13.0 Å². The number of ether oxygens (including phenoxy) is 3. The molecule has 1 amide bonds. The molecule has 5 aliphatic rings. The number of halogens is 2. The molecule has 1 saturated carbocycles. The number of fused-ring (bicyclic) bond motifs is 6. The third-order valence-electron chi connectivity index (χ3n) is 12.0. The molecule has 0 spiro atoms. The molecule has 280 valence electrons. The Morgan fingerprint density at radius 2 is 1.98 bits per heavy atom. The van der Waals surface area contributed by atoms with E-state index in [1.807, 2.05) is 6.92 Å². The van der Waals surface area contributed by atoms with E-state index in [4.69, 9.17) is 29.2 Å². The molecule has 4 fully saturated rings. The second kappa shape index (κ2) is 13.1. The molecule has 2 aromatic heterocycles. The summed E-state index contributed by atoms with van der Waals surface area (Å²) in [5.74, 6) is -0.489. The Hall–Kier alpha value is -4.56. The number of anilines is 1. The highest BCUT2D eigenvalue weighted by Gasteiger charge is 2.48. The van der Waals surface area contributed by atoms with E-state index in [0.717, 1.165) is 51.6 Å². The zero-order valence-electron chi connectivity index (χ0n) is 30.3. The van der Waals surface area contributed by atoms with Crippen LogP contribution in [0.5, 0.6) is 17.6 Å². The number of phenols is 1. The molecule has 0 unspecified atom stereocenters. The number of aryl methyl sites for hydroxylation is 1. The molecule has 0 radical (unpaired) electrons. The van der Waals surface area contributed by atoms with Crippen molar-refractivity contribution < 1.29 is 32.9 Å². The SMILES string of the molecule is CCc1c(F)ccc2cc(O)cc(-c3nc4c5c(nc(OCC6(CN7CCC[C@H]7COC(=O)N(C)C)CC6)nc5c3F)N3C[C@@H]5CC[C@@H](N5)[C@@H]3CO4)c12. The summed E-state index contributed by atoms with van der Waals surface area (Å²) in [5.41, 5.74) is 0.471. The highest BCUT2D eigenvalue weighted by Crippen LogP contribution is 2.49. The number of amides is 1. The van der Waals surface area contributed by atoms with E-state index >= 15 is 8.78 Å². The van der Waals surface area contributed by atoms with Crippen molar-refractivity contribution in [3.8, 4) is 28.9 Å². The monoisotopic (exact) mass is 729 g/mol. The molecule has 1 aliphatic carbocycles. The number of carbonyl (C=O) groups is 1. The maximum atomic E-state index is 17.2. The van der Waals surface area contributed by atoms with Crippen LogP contribution in [0, 0.1) is 17.0 Å². The summed E-state index contributed by atoms with van der Waals surface area (Å²) >= 11 is 0. The second-order valence-corrected chi connectivity index (χ2v) is 15.7. The van der Waals surface area contributed by atoms with Crippen molar-refractivity contribution in [1.82, 2.24) is 30.1 Å². The Balaban J connectivity index is 1.10. The molecule has 4 aromatic rings. The average molecular weight is 730 g/mol. The van der Waals surface area contributed by atoms with Crippen molar-refractivity contribution in [3.63, 3.8) is 0 Å². The fourth-order valence-corrected chi connectivity index (χ4v) is 8.95. The first-order valence-corrected chi connectivity index (χ1v) is 18.8. The lowest BCUT2D eigenvalue weighted by Crippen LogP contribution is -2.60. The van der Waals surface area contributed by atoms with Gasteiger partial charge in [0.1, 0.15) is 47.2 Å². The number of nitrogens with one attached hydrogen (secondary N) is 1. The van der Waals surface area contributed by atoms with Gasteiger partial charge in [0.15, 0.2) is 5.82 Å². The number of aromatic nitrogens is 3. The molecular formula is C39H45F2N7O5. The predicted molar refractivity (Wildman–Crippen MR) is 195 cm³/mol. The molecular weight excluding hydrogens is 684 g/mol. The summed E-state index contributed by atoms with van der Waals surface area (Å²) in [6.07, 6.45) is 5.97. The zero-order chi connectivity index (χ0) is 36.6. The predicted octanol–water partition coefficient (Wildman–Crippen LogP) is 5.41. The maximum absolute atomic E-state index is 17.2. The fraction of sp³-hybridized carbons (Fsp3) is 0.538. The maximum Gasteiger partial charge on any atom is 0.409 e.